The quantitative estimate of drug-likeness (QED) is 0.809. The molecule has 3 rings (SSSR count). The number of fused-ring (bicyclic) bond motifs is 1. The molecule has 1 N–H and O–H groups in total. The van der Waals surface area contributed by atoms with Gasteiger partial charge in [-0.1, -0.05) is 0 Å². The highest BCUT2D eigenvalue weighted by Gasteiger charge is 2.28. The van der Waals surface area contributed by atoms with Gasteiger partial charge in [-0.05, 0) is 19.4 Å². The molecule has 1 saturated heterocycles. The average Bonchev–Trinajstić information content (AvgIpc) is 2.91. The van der Waals surface area contributed by atoms with Crippen molar-refractivity contribution in [2.75, 3.05) is 13.1 Å². The van der Waals surface area contributed by atoms with Crippen molar-refractivity contribution >= 4 is 33.4 Å². The van der Waals surface area contributed by atoms with E-state index in [4.69, 9.17) is 4.74 Å². The summed E-state index contributed by atoms with van der Waals surface area (Å²) in [7, 11) is 0. The summed E-state index contributed by atoms with van der Waals surface area (Å²) >= 11 is 1.14. The number of esters is 1. The number of hydrogen-bond acceptors (Lipinski definition) is 6. The monoisotopic (exact) mass is 379 g/mol. The van der Waals surface area contributed by atoms with Gasteiger partial charge in [0.1, 0.15) is 10.9 Å². The number of carbonyl (C=O) groups excluding carboxylic acids is 2. The Bertz CT molecular complexity index is 979. The van der Waals surface area contributed by atoms with Crippen LogP contribution in [0.5, 0.6) is 0 Å². The van der Waals surface area contributed by atoms with Crippen LogP contribution in [0.25, 0.3) is 10.2 Å². The number of aromatic amines is 1. The highest BCUT2D eigenvalue weighted by Crippen LogP contribution is 2.28. The van der Waals surface area contributed by atoms with E-state index >= 15 is 0 Å². The van der Waals surface area contributed by atoms with E-state index < -0.39 is 5.69 Å². The zero-order valence-electron chi connectivity index (χ0n) is 15.0. The van der Waals surface area contributed by atoms with Gasteiger partial charge in [0.2, 0.25) is 0 Å². The molecule has 1 fully saturated rings. The molecule has 8 nitrogen and oxygen atoms in total. The van der Waals surface area contributed by atoms with Crippen molar-refractivity contribution in [1.82, 2.24) is 14.5 Å². The summed E-state index contributed by atoms with van der Waals surface area (Å²) in [5.74, 6) is -0.473. The summed E-state index contributed by atoms with van der Waals surface area (Å²) in [5.41, 5.74) is -0.236. The number of rotatable bonds is 3. The Morgan fingerprint density at radius 1 is 1.27 bits per heavy atom. The number of piperidine rings is 1. The number of likely N-dealkylation sites (tertiary alicyclic amines) is 1. The van der Waals surface area contributed by atoms with Gasteiger partial charge in [-0.2, -0.15) is 0 Å². The van der Waals surface area contributed by atoms with Crippen molar-refractivity contribution in [1.29, 1.82) is 0 Å². The summed E-state index contributed by atoms with van der Waals surface area (Å²) in [6, 6.07) is 0. The number of H-pyrrole nitrogens is 1. The van der Waals surface area contributed by atoms with Gasteiger partial charge < -0.3 is 9.64 Å². The molecule has 0 radical (unpaired) electrons. The molecule has 0 saturated carbocycles. The largest absolute Gasteiger partial charge is 0.462 e. The lowest BCUT2D eigenvalue weighted by Gasteiger charge is -2.31. The second-order valence-electron chi connectivity index (χ2n) is 6.34. The fraction of sp³-hybridized carbons (Fsp3) is 0.529. The lowest BCUT2D eigenvalue weighted by Crippen LogP contribution is -2.41. The number of thiophene rings is 1. The average molecular weight is 379 g/mol. The Morgan fingerprint density at radius 3 is 2.50 bits per heavy atom. The predicted molar refractivity (Wildman–Crippen MR) is 97.8 cm³/mol. The number of aryl methyl sites for hydroxylation is 1. The van der Waals surface area contributed by atoms with Crippen LogP contribution in [0.4, 0.5) is 0 Å². The molecule has 26 heavy (non-hydrogen) atoms. The van der Waals surface area contributed by atoms with Gasteiger partial charge in [0, 0.05) is 39.4 Å². The van der Waals surface area contributed by atoms with Crippen LogP contribution in [-0.4, -0.2) is 45.5 Å². The van der Waals surface area contributed by atoms with Gasteiger partial charge in [0.05, 0.1) is 10.3 Å². The van der Waals surface area contributed by atoms with Crippen LogP contribution in [-0.2, 0) is 16.1 Å². The Morgan fingerprint density at radius 2 is 1.92 bits per heavy atom. The molecule has 1 amide bonds. The Hall–Kier alpha value is -2.42. The third-order valence-corrected chi connectivity index (χ3v) is 5.84. The number of carbonyl (C=O) groups is 2. The van der Waals surface area contributed by atoms with Crippen molar-refractivity contribution in [2.45, 2.75) is 46.3 Å². The van der Waals surface area contributed by atoms with Crippen LogP contribution in [0.3, 0.4) is 0 Å². The molecule has 3 heterocycles. The molecular formula is C17H21N3O5S. The Labute approximate surface area is 153 Å². The lowest BCUT2D eigenvalue weighted by atomic mass is 10.1. The normalized spacial score (nSPS) is 15.4. The molecule has 2 aromatic heterocycles. The SMILES string of the molecule is CCn1c(=O)[nH]c2sc(C(=O)N3CCC(OC(C)=O)CC3)c(C)c2c1=O. The zero-order valence-corrected chi connectivity index (χ0v) is 15.8. The Kier molecular flexibility index (Phi) is 4.99. The van der Waals surface area contributed by atoms with Crippen molar-refractivity contribution in [3.8, 4) is 0 Å². The van der Waals surface area contributed by atoms with Crippen LogP contribution in [0.1, 0.15) is 41.9 Å². The van der Waals surface area contributed by atoms with Gasteiger partial charge in [-0.25, -0.2) is 4.79 Å². The second-order valence-corrected chi connectivity index (χ2v) is 7.36. The van der Waals surface area contributed by atoms with Crippen molar-refractivity contribution in [3.05, 3.63) is 31.3 Å². The first-order valence-electron chi connectivity index (χ1n) is 8.56. The first kappa shape index (κ1) is 18.4. The third-order valence-electron chi connectivity index (χ3n) is 4.64. The van der Waals surface area contributed by atoms with Gasteiger partial charge in [-0.3, -0.25) is 23.9 Å². The maximum Gasteiger partial charge on any atom is 0.329 e. The van der Waals surface area contributed by atoms with E-state index in [0.29, 0.717) is 46.6 Å². The molecule has 0 spiro atoms. The maximum atomic E-state index is 12.9. The fourth-order valence-corrected chi connectivity index (χ4v) is 4.45. The summed E-state index contributed by atoms with van der Waals surface area (Å²) in [6.07, 6.45) is 1.02. The minimum absolute atomic E-state index is 0.159. The molecule has 1 aliphatic rings. The van der Waals surface area contributed by atoms with E-state index in [1.807, 2.05) is 0 Å². The fourth-order valence-electron chi connectivity index (χ4n) is 3.30. The number of amides is 1. The summed E-state index contributed by atoms with van der Waals surface area (Å²) < 4.78 is 6.32. The van der Waals surface area contributed by atoms with Crippen LogP contribution >= 0.6 is 11.3 Å². The summed E-state index contributed by atoms with van der Waals surface area (Å²) in [6.45, 7) is 6.08. The van der Waals surface area contributed by atoms with E-state index in [1.165, 1.54) is 6.92 Å². The first-order chi connectivity index (χ1) is 12.3. The van der Waals surface area contributed by atoms with E-state index in [1.54, 1.807) is 18.7 Å². The molecule has 0 aromatic carbocycles. The van der Waals surface area contributed by atoms with Crippen molar-refractivity contribution in [3.63, 3.8) is 0 Å². The first-order valence-corrected chi connectivity index (χ1v) is 9.37. The number of ether oxygens (including phenoxy) is 1. The number of nitrogens with zero attached hydrogens (tertiary/aromatic N) is 2. The number of hydrogen-bond donors (Lipinski definition) is 1. The highest BCUT2D eigenvalue weighted by atomic mass is 32.1. The smallest absolute Gasteiger partial charge is 0.329 e. The molecule has 0 unspecified atom stereocenters. The van der Waals surface area contributed by atoms with E-state index in [-0.39, 0.29) is 30.1 Å². The van der Waals surface area contributed by atoms with Crippen LogP contribution in [0.15, 0.2) is 9.59 Å². The molecular weight excluding hydrogens is 358 g/mol. The van der Waals surface area contributed by atoms with Crippen molar-refractivity contribution in [2.24, 2.45) is 0 Å². The standard InChI is InChI=1S/C17H21N3O5S/c1-4-20-15(22)12-9(2)13(26-14(12)18-17(20)24)16(23)19-7-5-11(6-8-19)25-10(3)21/h11H,4-8H2,1-3H3,(H,18,24). The van der Waals surface area contributed by atoms with Crippen LogP contribution in [0, 0.1) is 6.92 Å². The third kappa shape index (κ3) is 3.18. The molecule has 2 aromatic rings. The van der Waals surface area contributed by atoms with E-state index in [0.717, 1.165) is 15.9 Å². The van der Waals surface area contributed by atoms with Gasteiger partial charge >= 0.3 is 11.7 Å². The van der Waals surface area contributed by atoms with Crippen LogP contribution < -0.4 is 11.2 Å². The predicted octanol–water partition coefficient (Wildman–Crippen LogP) is 1.25. The lowest BCUT2D eigenvalue weighted by molar-refractivity contribution is -0.148. The topological polar surface area (TPSA) is 101 Å². The summed E-state index contributed by atoms with van der Waals surface area (Å²) in [5, 5.41) is 0.398. The molecule has 1 aliphatic heterocycles. The number of nitrogens with one attached hydrogen (secondary N) is 1. The Balaban J connectivity index is 1.89. The van der Waals surface area contributed by atoms with Gasteiger partial charge in [0.25, 0.3) is 11.5 Å². The second kappa shape index (κ2) is 7.06. The number of aromatic nitrogens is 2. The van der Waals surface area contributed by atoms with Crippen molar-refractivity contribution < 1.29 is 14.3 Å². The minimum Gasteiger partial charge on any atom is -0.462 e. The maximum absolute atomic E-state index is 12.9. The van der Waals surface area contributed by atoms with Gasteiger partial charge in [-0.15, -0.1) is 11.3 Å². The van der Waals surface area contributed by atoms with E-state index in [2.05, 4.69) is 4.98 Å². The summed E-state index contributed by atoms with van der Waals surface area (Å²) in [4.78, 5) is 53.7. The van der Waals surface area contributed by atoms with Crippen LogP contribution in [0.2, 0.25) is 0 Å². The molecule has 0 atom stereocenters. The zero-order chi connectivity index (χ0) is 19.0. The van der Waals surface area contributed by atoms with Gasteiger partial charge in [0.15, 0.2) is 0 Å². The molecule has 0 aliphatic carbocycles. The molecule has 0 bridgehead atoms. The highest BCUT2D eigenvalue weighted by molar-refractivity contribution is 7.20. The minimum atomic E-state index is -0.465. The molecule has 9 heteroatoms. The molecule has 140 valence electrons. The van der Waals surface area contributed by atoms with E-state index in [9.17, 15) is 19.2 Å².